The van der Waals surface area contributed by atoms with Crippen LogP contribution in [0.2, 0.25) is 0 Å². The first-order chi connectivity index (χ1) is 13.8. The SMILES string of the molecule is Cc1nc(N[C@H](C)c2cc(N)cc(C(F)(F)F)c2)c2cc(P(C)(C)=O)c(F)cc2n1. The Bertz CT molecular complexity index is 1170. The summed E-state index contributed by atoms with van der Waals surface area (Å²) >= 11 is 0. The lowest BCUT2D eigenvalue weighted by molar-refractivity contribution is -0.137. The van der Waals surface area contributed by atoms with Crippen molar-refractivity contribution in [1.29, 1.82) is 0 Å². The Morgan fingerprint density at radius 3 is 2.37 bits per heavy atom. The van der Waals surface area contributed by atoms with E-state index in [4.69, 9.17) is 5.73 Å². The van der Waals surface area contributed by atoms with E-state index in [1.165, 1.54) is 31.5 Å². The van der Waals surface area contributed by atoms with Crippen molar-refractivity contribution in [3.05, 3.63) is 53.1 Å². The van der Waals surface area contributed by atoms with E-state index >= 15 is 0 Å². The van der Waals surface area contributed by atoms with Crippen molar-refractivity contribution in [2.75, 3.05) is 24.4 Å². The van der Waals surface area contributed by atoms with Crippen LogP contribution in [0.4, 0.5) is 29.1 Å². The predicted molar refractivity (Wildman–Crippen MR) is 111 cm³/mol. The lowest BCUT2D eigenvalue weighted by Crippen LogP contribution is -2.14. The van der Waals surface area contributed by atoms with E-state index in [2.05, 4.69) is 15.3 Å². The maximum atomic E-state index is 14.4. The summed E-state index contributed by atoms with van der Waals surface area (Å²) in [5.41, 5.74) is 5.41. The summed E-state index contributed by atoms with van der Waals surface area (Å²) in [7, 11) is -2.92. The summed E-state index contributed by atoms with van der Waals surface area (Å²) in [4.78, 5) is 8.54. The fourth-order valence-corrected chi connectivity index (χ4v) is 4.18. The molecule has 30 heavy (non-hydrogen) atoms. The van der Waals surface area contributed by atoms with Crippen molar-refractivity contribution < 1.29 is 22.1 Å². The molecule has 3 rings (SSSR count). The molecule has 0 aliphatic heterocycles. The van der Waals surface area contributed by atoms with Crippen LogP contribution >= 0.6 is 7.14 Å². The molecule has 0 aliphatic rings. The minimum atomic E-state index is -4.53. The van der Waals surface area contributed by atoms with Gasteiger partial charge < -0.3 is 15.6 Å². The molecule has 0 aliphatic carbocycles. The molecule has 0 bridgehead atoms. The minimum Gasteiger partial charge on any atom is -0.399 e. The number of benzene rings is 2. The Kier molecular flexibility index (Phi) is 5.54. The molecule has 0 unspecified atom stereocenters. The van der Waals surface area contributed by atoms with Crippen molar-refractivity contribution >= 4 is 34.9 Å². The Balaban J connectivity index is 2.09. The lowest BCUT2D eigenvalue weighted by atomic mass is 10.0. The molecule has 0 amide bonds. The average molecular weight is 440 g/mol. The normalized spacial score (nSPS) is 13.5. The van der Waals surface area contributed by atoms with Gasteiger partial charge in [-0.2, -0.15) is 13.2 Å². The molecule has 3 aromatic rings. The molecule has 0 saturated heterocycles. The number of aromatic nitrogens is 2. The Morgan fingerprint density at radius 1 is 1.10 bits per heavy atom. The highest BCUT2D eigenvalue weighted by molar-refractivity contribution is 7.70. The number of nitrogens with zero attached hydrogens (tertiary/aromatic N) is 2. The summed E-state index contributed by atoms with van der Waals surface area (Å²) in [5, 5.41) is 3.54. The van der Waals surface area contributed by atoms with Crippen molar-refractivity contribution in [1.82, 2.24) is 9.97 Å². The van der Waals surface area contributed by atoms with E-state index in [0.29, 0.717) is 28.1 Å². The Labute approximate surface area is 171 Å². The van der Waals surface area contributed by atoms with E-state index in [9.17, 15) is 22.1 Å². The number of nitrogens with one attached hydrogen (secondary N) is 1. The monoisotopic (exact) mass is 440 g/mol. The maximum absolute atomic E-state index is 14.4. The molecule has 0 saturated carbocycles. The zero-order valence-electron chi connectivity index (χ0n) is 16.8. The lowest BCUT2D eigenvalue weighted by Gasteiger charge is -2.19. The standard InChI is InChI=1S/C20H21F4N4OP/c1-10(12-5-13(20(22,23)24)7-14(25)6-12)26-19-15-8-18(30(3,4)29)16(21)9-17(15)27-11(2)28-19/h5-10H,25H2,1-4H3,(H,26,27,28)/t10-/m1/s1. The molecule has 1 aromatic heterocycles. The van der Waals surface area contributed by atoms with Crippen molar-refractivity contribution in [2.45, 2.75) is 26.1 Å². The number of hydrogen-bond acceptors (Lipinski definition) is 5. The number of nitrogens with two attached hydrogens (primary N) is 1. The largest absolute Gasteiger partial charge is 0.416 e. The molecule has 0 fully saturated rings. The van der Waals surface area contributed by atoms with E-state index < -0.39 is 30.7 Å². The Morgan fingerprint density at radius 2 is 1.77 bits per heavy atom. The number of nitrogen functional groups attached to an aromatic ring is 1. The fourth-order valence-electron chi connectivity index (χ4n) is 3.16. The summed E-state index contributed by atoms with van der Waals surface area (Å²) in [6.07, 6.45) is -4.53. The van der Waals surface area contributed by atoms with Crippen molar-refractivity contribution in [3.8, 4) is 0 Å². The number of halogens is 4. The smallest absolute Gasteiger partial charge is 0.399 e. The van der Waals surface area contributed by atoms with Gasteiger partial charge in [0.1, 0.15) is 24.6 Å². The van der Waals surface area contributed by atoms with E-state index in [1.54, 1.807) is 13.8 Å². The molecule has 160 valence electrons. The van der Waals surface area contributed by atoms with Crippen molar-refractivity contribution in [3.63, 3.8) is 0 Å². The third-order valence-electron chi connectivity index (χ3n) is 4.61. The van der Waals surface area contributed by atoms with E-state index in [-0.39, 0.29) is 11.0 Å². The van der Waals surface area contributed by atoms with Crippen LogP contribution in [0.1, 0.15) is 29.9 Å². The summed E-state index contributed by atoms with van der Waals surface area (Å²) < 4.78 is 66.3. The van der Waals surface area contributed by atoms with Crippen LogP contribution in [0.3, 0.4) is 0 Å². The Hall–Kier alpha value is -2.67. The minimum absolute atomic E-state index is 0.0144. The van der Waals surface area contributed by atoms with Crippen LogP contribution in [0.25, 0.3) is 10.9 Å². The highest BCUT2D eigenvalue weighted by atomic mass is 31.2. The molecule has 1 atom stereocenters. The van der Waals surface area contributed by atoms with Gasteiger partial charge in [-0.15, -0.1) is 0 Å². The topological polar surface area (TPSA) is 80.9 Å². The summed E-state index contributed by atoms with van der Waals surface area (Å²) in [5.74, 6) is 0.0263. The number of anilines is 2. The third kappa shape index (κ3) is 4.56. The molecule has 10 heteroatoms. The van der Waals surface area contributed by atoms with Crippen LogP contribution in [-0.4, -0.2) is 23.3 Å². The quantitative estimate of drug-likeness (QED) is 0.335. The molecular weight excluding hydrogens is 419 g/mol. The summed E-state index contributed by atoms with van der Waals surface area (Å²) in [6, 6.07) is 5.35. The molecule has 3 N–H and O–H groups in total. The van der Waals surface area contributed by atoms with E-state index in [1.807, 2.05) is 0 Å². The van der Waals surface area contributed by atoms with Crippen LogP contribution in [0.15, 0.2) is 30.3 Å². The molecule has 2 aromatic carbocycles. The maximum Gasteiger partial charge on any atom is 0.416 e. The average Bonchev–Trinajstić information content (AvgIpc) is 2.58. The molecular formula is C20H21F4N4OP. The first-order valence-corrected chi connectivity index (χ1v) is 11.6. The molecule has 5 nitrogen and oxygen atoms in total. The van der Waals surface area contributed by atoms with Crippen LogP contribution in [0, 0.1) is 12.7 Å². The predicted octanol–water partition coefficient (Wildman–Crippen LogP) is 5.10. The summed E-state index contributed by atoms with van der Waals surface area (Å²) in [6.45, 7) is 6.18. The van der Waals surface area contributed by atoms with Gasteiger partial charge in [-0.25, -0.2) is 14.4 Å². The number of fused-ring (bicyclic) bond motifs is 1. The highest BCUT2D eigenvalue weighted by Crippen LogP contribution is 2.38. The van der Waals surface area contributed by atoms with Gasteiger partial charge >= 0.3 is 6.18 Å². The van der Waals surface area contributed by atoms with Crippen LogP contribution in [0.5, 0.6) is 0 Å². The second kappa shape index (κ2) is 7.54. The molecule has 0 radical (unpaired) electrons. The first kappa shape index (κ1) is 22.0. The fraction of sp³-hybridized carbons (Fsp3) is 0.300. The number of rotatable bonds is 4. The second-order valence-corrected chi connectivity index (χ2v) is 10.7. The van der Waals surface area contributed by atoms with Crippen LogP contribution < -0.4 is 16.4 Å². The molecule has 0 spiro atoms. The zero-order valence-corrected chi connectivity index (χ0v) is 17.7. The van der Waals surface area contributed by atoms with Gasteiger partial charge in [0.25, 0.3) is 0 Å². The number of alkyl halides is 3. The third-order valence-corrected chi connectivity index (χ3v) is 6.12. The van der Waals surface area contributed by atoms with Gasteiger partial charge in [0.05, 0.1) is 17.1 Å². The first-order valence-electron chi connectivity index (χ1n) is 9.03. The van der Waals surface area contributed by atoms with E-state index in [0.717, 1.165) is 12.1 Å². The van der Waals surface area contributed by atoms with Crippen molar-refractivity contribution in [2.24, 2.45) is 0 Å². The van der Waals surface area contributed by atoms with Gasteiger partial charge in [0.2, 0.25) is 0 Å². The number of aryl methyl sites for hydroxylation is 1. The second-order valence-electron chi connectivity index (χ2n) is 7.54. The number of hydrogen-bond donors (Lipinski definition) is 2. The van der Waals surface area contributed by atoms with Gasteiger partial charge in [-0.05, 0) is 57.0 Å². The van der Waals surface area contributed by atoms with Gasteiger partial charge in [-0.1, -0.05) is 0 Å². The zero-order chi connectivity index (χ0) is 22.4. The van der Waals surface area contributed by atoms with Gasteiger partial charge in [-0.3, -0.25) is 0 Å². The van der Waals surface area contributed by atoms with Gasteiger partial charge in [0, 0.05) is 22.4 Å². The van der Waals surface area contributed by atoms with Gasteiger partial charge in [0.15, 0.2) is 0 Å². The molecule has 1 heterocycles. The highest BCUT2D eigenvalue weighted by Gasteiger charge is 2.31. The van der Waals surface area contributed by atoms with Crippen LogP contribution in [-0.2, 0) is 10.7 Å².